The van der Waals surface area contributed by atoms with Crippen molar-refractivity contribution in [3.05, 3.63) is 0 Å². The second-order valence-corrected chi connectivity index (χ2v) is 2.22. The van der Waals surface area contributed by atoms with Crippen molar-refractivity contribution in [2.45, 2.75) is 18.9 Å². The number of hydrogen-bond acceptors (Lipinski definition) is 3. The summed E-state index contributed by atoms with van der Waals surface area (Å²) in [6.45, 7) is 2.22. The fourth-order valence-corrected chi connectivity index (χ4v) is 0.844. The largest absolute Gasteiger partial charge is 0.372 e. The number of amides is 1. The third-order valence-corrected chi connectivity index (χ3v) is 1.38. The number of nitrogens with two attached hydrogens (primary N) is 2. The molecule has 5 N–H and O–H groups in total. The van der Waals surface area contributed by atoms with Crippen molar-refractivity contribution in [3.8, 4) is 0 Å². The lowest BCUT2D eigenvalue weighted by Gasteiger charge is -2.17. The first-order valence-electron chi connectivity index (χ1n) is 3.43. The first kappa shape index (κ1) is 9.39. The molecule has 1 rings (SSSR count). The summed E-state index contributed by atoms with van der Waals surface area (Å²) in [5, 5.41) is 3.24. The van der Waals surface area contributed by atoms with E-state index in [-0.39, 0.29) is 6.41 Å². The van der Waals surface area contributed by atoms with Crippen LogP contribution in [0, 0.1) is 0 Å². The Bertz CT molecular complexity index is 81.1. The summed E-state index contributed by atoms with van der Waals surface area (Å²) in [5.41, 5.74) is 9.76. The van der Waals surface area contributed by atoms with Gasteiger partial charge in [0.15, 0.2) is 0 Å². The van der Waals surface area contributed by atoms with Crippen LogP contribution in [0.2, 0.25) is 0 Å². The molecule has 60 valence electrons. The topological polar surface area (TPSA) is 81.1 Å². The molecular weight excluding hydrogens is 130 g/mol. The summed E-state index contributed by atoms with van der Waals surface area (Å²) in [6.07, 6.45) is 2.56. The first-order valence-corrected chi connectivity index (χ1v) is 3.43. The van der Waals surface area contributed by atoms with Gasteiger partial charge in [-0.2, -0.15) is 0 Å². The Morgan fingerprint density at radius 3 is 2.00 bits per heavy atom. The number of carbonyl (C=O) groups excluding carboxylic acids is 1. The number of primary amides is 1. The second-order valence-electron chi connectivity index (χ2n) is 2.22. The predicted molar refractivity (Wildman–Crippen MR) is 40.3 cm³/mol. The lowest BCUT2D eigenvalue weighted by molar-refractivity contribution is -0.106. The molecule has 0 spiro atoms. The Kier molecular flexibility index (Phi) is 6.11. The summed E-state index contributed by atoms with van der Waals surface area (Å²) in [4.78, 5) is 8.58. The van der Waals surface area contributed by atoms with Gasteiger partial charge in [-0.05, 0) is 25.9 Å². The van der Waals surface area contributed by atoms with E-state index in [1.54, 1.807) is 0 Å². The van der Waals surface area contributed by atoms with Gasteiger partial charge in [-0.1, -0.05) is 0 Å². The zero-order chi connectivity index (χ0) is 7.82. The summed E-state index contributed by atoms with van der Waals surface area (Å²) >= 11 is 0. The van der Waals surface area contributed by atoms with E-state index in [2.05, 4.69) is 11.1 Å². The highest BCUT2D eigenvalue weighted by Gasteiger charge is 2.05. The molecule has 1 aliphatic rings. The molecular formula is C6H15N3O. The highest BCUT2D eigenvalue weighted by molar-refractivity contribution is 5.42. The van der Waals surface area contributed by atoms with E-state index >= 15 is 0 Å². The Morgan fingerprint density at radius 1 is 1.40 bits per heavy atom. The van der Waals surface area contributed by atoms with Gasteiger partial charge in [-0.15, -0.1) is 0 Å². The third-order valence-electron chi connectivity index (χ3n) is 1.38. The monoisotopic (exact) mass is 145 g/mol. The highest BCUT2D eigenvalue weighted by Crippen LogP contribution is 1.96. The van der Waals surface area contributed by atoms with Gasteiger partial charge in [0.2, 0.25) is 6.41 Å². The van der Waals surface area contributed by atoms with E-state index in [0.29, 0.717) is 6.04 Å². The van der Waals surface area contributed by atoms with Crippen LogP contribution in [-0.4, -0.2) is 25.5 Å². The highest BCUT2D eigenvalue weighted by atomic mass is 16.1. The minimum Gasteiger partial charge on any atom is -0.372 e. The standard InChI is InChI=1S/C5H12N2.CH3NO/c6-5-1-3-7-4-2-5;2-1-3/h5,7H,1-4,6H2;1H,(H2,2,3). The van der Waals surface area contributed by atoms with Gasteiger partial charge >= 0.3 is 0 Å². The van der Waals surface area contributed by atoms with Crippen molar-refractivity contribution in [1.82, 2.24) is 5.32 Å². The Hall–Kier alpha value is -0.610. The lowest BCUT2D eigenvalue weighted by atomic mass is 10.1. The van der Waals surface area contributed by atoms with Gasteiger partial charge in [0, 0.05) is 6.04 Å². The van der Waals surface area contributed by atoms with Crippen LogP contribution in [0.15, 0.2) is 0 Å². The minimum atomic E-state index is 0.250. The molecule has 10 heavy (non-hydrogen) atoms. The van der Waals surface area contributed by atoms with Gasteiger partial charge in [0.1, 0.15) is 0 Å². The quantitative estimate of drug-likeness (QED) is 0.374. The van der Waals surface area contributed by atoms with Gasteiger partial charge in [-0.3, -0.25) is 4.79 Å². The number of carbonyl (C=O) groups is 1. The molecule has 0 radical (unpaired) electrons. The first-order chi connectivity index (χ1) is 4.81. The smallest absolute Gasteiger partial charge is 0.204 e. The van der Waals surface area contributed by atoms with Gasteiger partial charge in [-0.25, -0.2) is 0 Å². The summed E-state index contributed by atoms with van der Waals surface area (Å²) in [5.74, 6) is 0. The van der Waals surface area contributed by atoms with Crippen LogP contribution in [0.5, 0.6) is 0 Å². The van der Waals surface area contributed by atoms with Crippen molar-refractivity contribution in [2.24, 2.45) is 11.5 Å². The summed E-state index contributed by atoms with van der Waals surface area (Å²) in [7, 11) is 0. The molecule has 0 bridgehead atoms. The van der Waals surface area contributed by atoms with Crippen LogP contribution in [0.25, 0.3) is 0 Å². The Labute approximate surface area is 61.0 Å². The average Bonchev–Trinajstić information content (AvgIpc) is 1.91. The van der Waals surface area contributed by atoms with Crippen molar-refractivity contribution >= 4 is 6.41 Å². The van der Waals surface area contributed by atoms with Crippen molar-refractivity contribution in [2.75, 3.05) is 13.1 Å². The Morgan fingerprint density at radius 2 is 1.80 bits per heavy atom. The van der Waals surface area contributed by atoms with E-state index in [0.717, 1.165) is 25.9 Å². The maximum absolute atomic E-state index is 8.58. The number of hydrogen-bond donors (Lipinski definition) is 3. The van der Waals surface area contributed by atoms with Crippen LogP contribution in [0.3, 0.4) is 0 Å². The molecule has 4 heteroatoms. The minimum absolute atomic E-state index is 0.250. The van der Waals surface area contributed by atoms with E-state index in [1.165, 1.54) is 0 Å². The SMILES string of the molecule is NC1CCNCC1.NC=O. The molecule has 0 unspecified atom stereocenters. The number of rotatable bonds is 0. The molecule has 0 aromatic heterocycles. The van der Waals surface area contributed by atoms with Crippen molar-refractivity contribution < 1.29 is 4.79 Å². The zero-order valence-corrected chi connectivity index (χ0v) is 6.05. The fourth-order valence-electron chi connectivity index (χ4n) is 0.844. The molecule has 0 aromatic carbocycles. The van der Waals surface area contributed by atoms with Crippen molar-refractivity contribution in [1.29, 1.82) is 0 Å². The van der Waals surface area contributed by atoms with E-state index in [4.69, 9.17) is 10.5 Å². The Balaban J connectivity index is 0.000000236. The van der Waals surface area contributed by atoms with Crippen LogP contribution >= 0.6 is 0 Å². The lowest BCUT2D eigenvalue weighted by Crippen LogP contribution is -2.35. The van der Waals surface area contributed by atoms with Crippen LogP contribution < -0.4 is 16.8 Å². The second kappa shape index (κ2) is 6.51. The van der Waals surface area contributed by atoms with Crippen LogP contribution in [-0.2, 0) is 4.79 Å². The molecule has 1 saturated heterocycles. The maximum atomic E-state index is 8.58. The molecule has 1 heterocycles. The molecule has 0 atom stereocenters. The van der Waals surface area contributed by atoms with E-state index in [9.17, 15) is 0 Å². The molecule has 4 nitrogen and oxygen atoms in total. The predicted octanol–water partition coefficient (Wildman–Crippen LogP) is -1.20. The molecule has 1 amide bonds. The molecule has 0 aromatic rings. The zero-order valence-electron chi connectivity index (χ0n) is 6.05. The summed E-state index contributed by atoms with van der Waals surface area (Å²) < 4.78 is 0. The average molecular weight is 145 g/mol. The normalized spacial score (nSPS) is 18.9. The molecule has 0 aliphatic carbocycles. The van der Waals surface area contributed by atoms with E-state index < -0.39 is 0 Å². The maximum Gasteiger partial charge on any atom is 0.204 e. The van der Waals surface area contributed by atoms with Gasteiger partial charge in [0.25, 0.3) is 0 Å². The molecule has 0 saturated carbocycles. The van der Waals surface area contributed by atoms with Gasteiger partial charge < -0.3 is 16.8 Å². The molecule has 1 aliphatic heterocycles. The third kappa shape index (κ3) is 5.53. The summed E-state index contributed by atoms with van der Waals surface area (Å²) in [6, 6.07) is 0.473. The van der Waals surface area contributed by atoms with Crippen LogP contribution in [0.4, 0.5) is 0 Å². The fraction of sp³-hybridized carbons (Fsp3) is 0.833. The number of nitrogens with one attached hydrogen (secondary N) is 1. The van der Waals surface area contributed by atoms with Crippen LogP contribution in [0.1, 0.15) is 12.8 Å². The van der Waals surface area contributed by atoms with Crippen molar-refractivity contribution in [3.63, 3.8) is 0 Å². The van der Waals surface area contributed by atoms with Gasteiger partial charge in [0.05, 0.1) is 0 Å². The molecule has 1 fully saturated rings. The van der Waals surface area contributed by atoms with E-state index in [1.807, 2.05) is 0 Å². The number of piperidine rings is 1.